The zero-order valence-corrected chi connectivity index (χ0v) is 13.6. The molecule has 0 heterocycles. The lowest BCUT2D eigenvalue weighted by Crippen LogP contribution is -2.40. The molecule has 2 aliphatic carbocycles. The molecule has 102 valence electrons. The number of nitrogens with one attached hydrogen (secondary N) is 2. The number of halogens is 2. The highest BCUT2D eigenvalue weighted by atomic mass is 79.9. The third-order valence-corrected chi connectivity index (χ3v) is 5.68. The van der Waals surface area contributed by atoms with Gasteiger partial charge in [0.15, 0.2) is 5.11 Å². The Balaban J connectivity index is 1.57. The predicted molar refractivity (Wildman–Crippen MR) is 87.7 cm³/mol. The van der Waals surface area contributed by atoms with Crippen LogP contribution in [0.2, 0.25) is 5.02 Å². The highest BCUT2D eigenvalue weighted by Gasteiger charge is 2.39. The van der Waals surface area contributed by atoms with Crippen LogP contribution in [0.4, 0.5) is 5.69 Å². The van der Waals surface area contributed by atoms with Crippen LogP contribution < -0.4 is 10.6 Å². The van der Waals surface area contributed by atoms with E-state index >= 15 is 0 Å². The van der Waals surface area contributed by atoms with Crippen molar-refractivity contribution < 1.29 is 0 Å². The maximum Gasteiger partial charge on any atom is 0.171 e. The van der Waals surface area contributed by atoms with Crippen molar-refractivity contribution in [3.63, 3.8) is 0 Å². The van der Waals surface area contributed by atoms with Gasteiger partial charge in [-0.05, 0) is 77.4 Å². The molecule has 2 saturated carbocycles. The van der Waals surface area contributed by atoms with Crippen molar-refractivity contribution in [1.29, 1.82) is 0 Å². The molecule has 2 bridgehead atoms. The Kier molecular flexibility index (Phi) is 4.01. The van der Waals surface area contributed by atoms with Crippen molar-refractivity contribution in [2.75, 3.05) is 5.32 Å². The number of fused-ring (bicyclic) bond motifs is 2. The fourth-order valence-corrected chi connectivity index (χ4v) is 4.03. The molecular formula is C14H16BrClN2S. The molecule has 0 unspecified atom stereocenters. The summed E-state index contributed by atoms with van der Waals surface area (Å²) in [5.74, 6) is 1.74. The Morgan fingerprint density at radius 3 is 2.79 bits per heavy atom. The van der Waals surface area contributed by atoms with Crippen molar-refractivity contribution in [1.82, 2.24) is 5.32 Å². The van der Waals surface area contributed by atoms with Crippen LogP contribution in [0.15, 0.2) is 22.7 Å². The first kappa shape index (κ1) is 13.7. The molecule has 2 nitrogen and oxygen atoms in total. The molecule has 0 saturated heterocycles. The van der Waals surface area contributed by atoms with Gasteiger partial charge in [-0.2, -0.15) is 0 Å². The molecular weight excluding hydrogens is 344 g/mol. The largest absolute Gasteiger partial charge is 0.359 e. The molecule has 0 aliphatic heterocycles. The van der Waals surface area contributed by atoms with E-state index in [-0.39, 0.29) is 0 Å². The third kappa shape index (κ3) is 3.06. The van der Waals surface area contributed by atoms with Gasteiger partial charge >= 0.3 is 0 Å². The van der Waals surface area contributed by atoms with Gasteiger partial charge in [0.2, 0.25) is 0 Å². The maximum atomic E-state index is 6.07. The Hall–Kier alpha value is -0.320. The molecule has 0 radical (unpaired) electrons. The summed E-state index contributed by atoms with van der Waals surface area (Å²) < 4.78 is 0.895. The molecule has 5 heteroatoms. The number of benzene rings is 1. The summed E-state index contributed by atoms with van der Waals surface area (Å²) in [4.78, 5) is 0. The van der Waals surface area contributed by atoms with E-state index in [2.05, 4.69) is 26.6 Å². The number of rotatable bonds is 2. The average Bonchev–Trinajstić information content (AvgIpc) is 2.96. The van der Waals surface area contributed by atoms with E-state index in [1.807, 2.05) is 18.2 Å². The predicted octanol–water partition coefficient (Wildman–Crippen LogP) is 4.58. The molecule has 0 amide bonds. The number of hydrogen-bond donors (Lipinski definition) is 2. The van der Waals surface area contributed by atoms with Crippen LogP contribution in [-0.2, 0) is 0 Å². The Labute approximate surface area is 132 Å². The first-order valence-electron chi connectivity index (χ1n) is 6.64. The summed E-state index contributed by atoms with van der Waals surface area (Å²) in [6.45, 7) is 0. The maximum absolute atomic E-state index is 6.07. The van der Waals surface area contributed by atoms with Gasteiger partial charge in [-0.1, -0.05) is 18.0 Å². The van der Waals surface area contributed by atoms with Crippen LogP contribution in [0.25, 0.3) is 0 Å². The van der Waals surface area contributed by atoms with Crippen molar-refractivity contribution in [3.05, 3.63) is 27.7 Å². The summed E-state index contributed by atoms with van der Waals surface area (Å²) in [5, 5.41) is 8.06. The molecule has 1 aromatic rings. The van der Waals surface area contributed by atoms with Gasteiger partial charge in [0.05, 0.1) is 5.02 Å². The SMILES string of the molecule is S=C(Nc1ccc(Br)c(Cl)c1)N[C@@H]1C[C@H]2CC[C@@H]1C2. The number of thiocarbonyl (C=S) groups is 1. The van der Waals surface area contributed by atoms with E-state index in [1.165, 1.54) is 25.7 Å². The summed E-state index contributed by atoms with van der Waals surface area (Å²) in [7, 11) is 0. The molecule has 3 atom stereocenters. The lowest BCUT2D eigenvalue weighted by molar-refractivity contribution is 0.392. The molecule has 0 aromatic heterocycles. The van der Waals surface area contributed by atoms with Crippen LogP contribution in [-0.4, -0.2) is 11.2 Å². The molecule has 19 heavy (non-hydrogen) atoms. The second-order valence-electron chi connectivity index (χ2n) is 5.51. The molecule has 2 aliphatic rings. The highest BCUT2D eigenvalue weighted by Crippen LogP contribution is 2.44. The van der Waals surface area contributed by atoms with E-state index in [9.17, 15) is 0 Å². The molecule has 0 spiro atoms. The fraction of sp³-hybridized carbons (Fsp3) is 0.500. The van der Waals surface area contributed by atoms with Gasteiger partial charge in [-0.25, -0.2) is 0 Å². The van der Waals surface area contributed by atoms with Gasteiger partial charge in [0.1, 0.15) is 0 Å². The molecule has 3 rings (SSSR count). The number of hydrogen-bond acceptors (Lipinski definition) is 1. The van der Waals surface area contributed by atoms with Crippen LogP contribution in [0.5, 0.6) is 0 Å². The Morgan fingerprint density at radius 2 is 2.16 bits per heavy atom. The summed E-state index contributed by atoms with van der Waals surface area (Å²) in [6, 6.07) is 6.32. The quantitative estimate of drug-likeness (QED) is 0.756. The van der Waals surface area contributed by atoms with Crippen LogP contribution in [0.1, 0.15) is 25.7 Å². The van der Waals surface area contributed by atoms with Crippen LogP contribution >= 0.6 is 39.7 Å². The molecule has 2 fully saturated rings. The highest BCUT2D eigenvalue weighted by molar-refractivity contribution is 9.10. The van der Waals surface area contributed by atoms with E-state index < -0.39 is 0 Å². The summed E-state index contributed by atoms with van der Waals surface area (Å²) in [6.07, 6.45) is 5.42. The fourth-order valence-electron chi connectivity index (χ4n) is 3.33. The second-order valence-corrected chi connectivity index (χ2v) is 7.18. The lowest BCUT2D eigenvalue weighted by atomic mass is 9.96. The zero-order valence-electron chi connectivity index (χ0n) is 10.5. The Bertz CT molecular complexity index is 508. The van der Waals surface area contributed by atoms with Crippen LogP contribution in [0, 0.1) is 11.8 Å². The summed E-state index contributed by atoms with van der Waals surface area (Å²) in [5.41, 5.74) is 0.925. The lowest BCUT2D eigenvalue weighted by Gasteiger charge is -2.24. The standard InChI is InChI=1S/C14H16BrClN2S/c15-11-4-3-10(7-12(11)16)17-14(19)18-13-6-8-1-2-9(13)5-8/h3-4,7-9,13H,1-2,5-6H2,(H2,17,18,19)/t8-,9+,13+/m0/s1. The van der Waals surface area contributed by atoms with Gasteiger partial charge in [-0.15, -0.1) is 0 Å². The zero-order chi connectivity index (χ0) is 13.4. The molecule has 1 aromatic carbocycles. The first-order valence-corrected chi connectivity index (χ1v) is 8.22. The minimum absolute atomic E-state index is 0.560. The minimum Gasteiger partial charge on any atom is -0.359 e. The topological polar surface area (TPSA) is 24.1 Å². The second kappa shape index (κ2) is 5.58. The van der Waals surface area contributed by atoms with Gasteiger partial charge in [-0.3, -0.25) is 0 Å². The normalized spacial score (nSPS) is 28.4. The van der Waals surface area contributed by atoms with E-state index in [1.54, 1.807) is 0 Å². The minimum atomic E-state index is 0.560. The van der Waals surface area contributed by atoms with Gasteiger partial charge < -0.3 is 10.6 Å². The van der Waals surface area contributed by atoms with E-state index in [0.29, 0.717) is 16.2 Å². The van der Waals surface area contributed by atoms with E-state index in [4.69, 9.17) is 23.8 Å². The smallest absolute Gasteiger partial charge is 0.171 e. The monoisotopic (exact) mass is 358 g/mol. The molecule has 2 N–H and O–H groups in total. The Morgan fingerprint density at radius 1 is 1.32 bits per heavy atom. The van der Waals surface area contributed by atoms with Crippen molar-refractivity contribution >= 4 is 50.5 Å². The van der Waals surface area contributed by atoms with Crippen molar-refractivity contribution in [2.45, 2.75) is 31.7 Å². The van der Waals surface area contributed by atoms with E-state index in [0.717, 1.165) is 22.0 Å². The van der Waals surface area contributed by atoms with Crippen molar-refractivity contribution in [2.24, 2.45) is 11.8 Å². The first-order chi connectivity index (χ1) is 9.11. The van der Waals surface area contributed by atoms with Crippen LogP contribution in [0.3, 0.4) is 0 Å². The van der Waals surface area contributed by atoms with Gasteiger partial charge in [0, 0.05) is 16.2 Å². The van der Waals surface area contributed by atoms with Gasteiger partial charge in [0.25, 0.3) is 0 Å². The third-order valence-electron chi connectivity index (χ3n) is 4.23. The number of anilines is 1. The average molecular weight is 360 g/mol. The summed E-state index contributed by atoms with van der Waals surface area (Å²) >= 11 is 14.8. The van der Waals surface area contributed by atoms with Crippen molar-refractivity contribution in [3.8, 4) is 0 Å².